The van der Waals surface area contributed by atoms with Crippen LogP contribution < -0.4 is 20.3 Å². The minimum Gasteiger partial charge on any atom is -0.454 e. The fourth-order valence-corrected chi connectivity index (χ4v) is 2.65. The summed E-state index contributed by atoms with van der Waals surface area (Å²) >= 11 is 0. The Morgan fingerprint density at radius 3 is 2.83 bits per heavy atom. The number of aryl methyl sites for hydroxylation is 1. The molecule has 1 aliphatic heterocycles. The van der Waals surface area contributed by atoms with Crippen LogP contribution in [0.15, 0.2) is 41.2 Å². The van der Waals surface area contributed by atoms with E-state index in [1.807, 2.05) is 13.0 Å². The molecule has 24 heavy (non-hydrogen) atoms. The van der Waals surface area contributed by atoms with Crippen molar-refractivity contribution in [3.63, 3.8) is 0 Å². The first-order chi connectivity index (χ1) is 11.6. The number of aromatic nitrogens is 1. The highest BCUT2D eigenvalue weighted by Crippen LogP contribution is 2.32. The number of pyridine rings is 1. The third-order valence-electron chi connectivity index (χ3n) is 4.00. The van der Waals surface area contributed by atoms with Crippen LogP contribution in [0.2, 0.25) is 0 Å². The Kier molecular flexibility index (Phi) is 4.84. The molecule has 0 fully saturated rings. The van der Waals surface area contributed by atoms with Gasteiger partial charge in [-0.3, -0.25) is 9.59 Å². The third kappa shape index (κ3) is 3.59. The van der Waals surface area contributed by atoms with E-state index in [-0.39, 0.29) is 18.3 Å². The summed E-state index contributed by atoms with van der Waals surface area (Å²) in [6.45, 7) is 3.33. The van der Waals surface area contributed by atoms with E-state index in [0.717, 1.165) is 18.5 Å². The Morgan fingerprint density at radius 2 is 2.00 bits per heavy atom. The van der Waals surface area contributed by atoms with Gasteiger partial charge in [0.2, 0.25) is 6.79 Å². The lowest BCUT2D eigenvalue weighted by molar-refractivity contribution is 0.0952. The minimum absolute atomic E-state index is 0.0133. The number of amides is 1. The number of ether oxygens (including phenoxy) is 2. The van der Waals surface area contributed by atoms with Crippen molar-refractivity contribution in [2.45, 2.75) is 26.3 Å². The smallest absolute Gasteiger partial charge is 0.251 e. The minimum atomic E-state index is -0.138. The van der Waals surface area contributed by atoms with Gasteiger partial charge in [-0.1, -0.05) is 6.07 Å². The number of nitrogens with zero attached hydrogens (tertiary/aromatic N) is 1. The van der Waals surface area contributed by atoms with Crippen molar-refractivity contribution in [3.8, 4) is 11.5 Å². The van der Waals surface area contributed by atoms with E-state index in [1.54, 1.807) is 34.9 Å². The molecule has 2 aromatic rings. The van der Waals surface area contributed by atoms with Crippen LogP contribution in [0.4, 0.5) is 0 Å². The molecule has 0 atom stereocenters. The molecule has 6 nitrogen and oxygen atoms in total. The molecule has 3 rings (SSSR count). The summed E-state index contributed by atoms with van der Waals surface area (Å²) in [7, 11) is 0. The molecular weight excluding hydrogens is 308 g/mol. The number of hydrogen-bond donors (Lipinski definition) is 1. The van der Waals surface area contributed by atoms with Gasteiger partial charge in [0, 0.05) is 30.4 Å². The molecule has 0 bridgehead atoms. The van der Waals surface area contributed by atoms with Crippen molar-refractivity contribution in [1.82, 2.24) is 9.88 Å². The Hall–Kier alpha value is -2.76. The monoisotopic (exact) mass is 328 g/mol. The molecule has 0 aliphatic carbocycles. The van der Waals surface area contributed by atoms with Gasteiger partial charge in [0.1, 0.15) is 0 Å². The molecule has 1 N–H and O–H groups in total. The highest BCUT2D eigenvalue weighted by molar-refractivity contribution is 5.94. The summed E-state index contributed by atoms with van der Waals surface area (Å²) in [6.07, 6.45) is 1.63. The molecular formula is C18H20N2O4. The van der Waals surface area contributed by atoms with Gasteiger partial charge < -0.3 is 19.4 Å². The maximum atomic E-state index is 12.1. The van der Waals surface area contributed by atoms with E-state index in [1.165, 1.54) is 0 Å². The molecule has 2 heterocycles. The van der Waals surface area contributed by atoms with Crippen LogP contribution in [0.5, 0.6) is 11.5 Å². The fraction of sp³-hybridized carbons (Fsp3) is 0.333. The number of rotatable bonds is 6. The maximum absolute atomic E-state index is 12.1. The van der Waals surface area contributed by atoms with E-state index in [9.17, 15) is 9.59 Å². The van der Waals surface area contributed by atoms with Crippen molar-refractivity contribution in [1.29, 1.82) is 0 Å². The van der Waals surface area contributed by atoms with E-state index in [2.05, 4.69) is 5.32 Å². The first-order valence-electron chi connectivity index (χ1n) is 7.99. The summed E-state index contributed by atoms with van der Waals surface area (Å²) < 4.78 is 12.2. The molecule has 126 valence electrons. The fourth-order valence-electron chi connectivity index (χ4n) is 2.65. The predicted octanol–water partition coefficient (Wildman–Crippen LogP) is 2.10. The predicted molar refractivity (Wildman–Crippen MR) is 89.6 cm³/mol. The van der Waals surface area contributed by atoms with Gasteiger partial charge in [-0.05, 0) is 44.0 Å². The number of fused-ring (bicyclic) bond motifs is 1. The van der Waals surface area contributed by atoms with Gasteiger partial charge >= 0.3 is 0 Å². The number of unbranched alkanes of at least 4 members (excludes halogenated alkanes) is 1. The van der Waals surface area contributed by atoms with Crippen LogP contribution in [-0.4, -0.2) is 23.8 Å². The van der Waals surface area contributed by atoms with Crippen molar-refractivity contribution in [2.24, 2.45) is 0 Å². The van der Waals surface area contributed by atoms with Gasteiger partial charge in [-0.2, -0.15) is 0 Å². The van der Waals surface area contributed by atoms with Crippen molar-refractivity contribution >= 4 is 5.91 Å². The van der Waals surface area contributed by atoms with E-state index in [4.69, 9.17) is 9.47 Å². The first-order valence-corrected chi connectivity index (χ1v) is 7.99. The van der Waals surface area contributed by atoms with Crippen molar-refractivity contribution in [3.05, 3.63) is 58.0 Å². The standard InChI is InChI=1S/C18H20N2O4/c1-13-5-4-6-17(21)20(13)10-3-2-9-19-18(22)14-7-8-15-16(11-14)24-12-23-15/h4-8,11H,2-3,9-10,12H2,1H3,(H,19,22). The Bertz CT molecular complexity index is 798. The molecule has 1 aliphatic rings. The maximum Gasteiger partial charge on any atom is 0.251 e. The summed E-state index contributed by atoms with van der Waals surface area (Å²) in [5.41, 5.74) is 1.51. The van der Waals surface area contributed by atoms with Gasteiger partial charge in [-0.15, -0.1) is 0 Å². The largest absolute Gasteiger partial charge is 0.454 e. The zero-order valence-corrected chi connectivity index (χ0v) is 13.6. The molecule has 6 heteroatoms. The number of carbonyl (C=O) groups is 1. The second kappa shape index (κ2) is 7.21. The van der Waals surface area contributed by atoms with Crippen LogP contribution in [-0.2, 0) is 6.54 Å². The first kappa shape index (κ1) is 16.1. The molecule has 0 radical (unpaired) electrons. The molecule has 1 aromatic heterocycles. The zero-order chi connectivity index (χ0) is 16.9. The lowest BCUT2D eigenvalue weighted by atomic mass is 10.2. The lowest BCUT2D eigenvalue weighted by Gasteiger charge is -2.09. The second-order valence-corrected chi connectivity index (χ2v) is 5.69. The van der Waals surface area contributed by atoms with Crippen molar-refractivity contribution < 1.29 is 14.3 Å². The average Bonchev–Trinajstić information content (AvgIpc) is 3.04. The molecule has 0 saturated heterocycles. The van der Waals surface area contributed by atoms with Gasteiger partial charge in [0.15, 0.2) is 11.5 Å². The summed E-state index contributed by atoms with van der Waals surface area (Å²) in [5, 5.41) is 2.88. The van der Waals surface area contributed by atoms with Gasteiger partial charge in [-0.25, -0.2) is 0 Å². The molecule has 1 amide bonds. The van der Waals surface area contributed by atoms with E-state index < -0.39 is 0 Å². The van der Waals surface area contributed by atoms with E-state index >= 15 is 0 Å². The topological polar surface area (TPSA) is 69.6 Å². The molecule has 1 aromatic carbocycles. The van der Waals surface area contributed by atoms with Crippen LogP contribution in [0.3, 0.4) is 0 Å². The highest BCUT2D eigenvalue weighted by Gasteiger charge is 2.15. The Labute approximate surface area is 140 Å². The van der Waals surface area contributed by atoms with Gasteiger partial charge in [0.05, 0.1) is 0 Å². The lowest BCUT2D eigenvalue weighted by Crippen LogP contribution is -2.25. The quantitative estimate of drug-likeness (QED) is 0.825. The number of benzene rings is 1. The SMILES string of the molecule is Cc1cccc(=O)n1CCCCNC(=O)c1ccc2c(c1)OCO2. The Morgan fingerprint density at radius 1 is 1.17 bits per heavy atom. The van der Waals surface area contributed by atoms with Crippen LogP contribution >= 0.6 is 0 Å². The summed E-state index contributed by atoms with van der Waals surface area (Å²) in [4.78, 5) is 23.9. The Balaban J connectivity index is 1.45. The third-order valence-corrected chi connectivity index (χ3v) is 4.00. The van der Waals surface area contributed by atoms with E-state index in [0.29, 0.717) is 30.2 Å². The number of carbonyl (C=O) groups excluding carboxylic acids is 1. The highest BCUT2D eigenvalue weighted by atomic mass is 16.7. The van der Waals surface area contributed by atoms with Gasteiger partial charge in [0.25, 0.3) is 11.5 Å². The van der Waals surface area contributed by atoms with Crippen LogP contribution in [0.1, 0.15) is 28.9 Å². The summed E-state index contributed by atoms with van der Waals surface area (Å²) in [5.74, 6) is 1.12. The molecule has 0 unspecified atom stereocenters. The van der Waals surface area contributed by atoms with Crippen LogP contribution in [0, 0.1) is 6.92 Å². The second-order valence-electron chi connectivity index (χ2n) is 5.69. The average molecular weight is 328 g/mol. The number of hydrogen-bond acceptors (Lipinski definition) is 4. The summed E-state index contributed by atoms with van der Waals surface area (Å²) in [6, 6.07) is 10.4. The number of nitrogens with one attached hydrogen (secondary N) is 1. The molecule has 0 saturated carbocycles. The zero-order valence-electron chi connectivity index (χ0n) is 13.6. The van der Waals surface area contributed by atoms with Crippen LogP contribution in [0.25, 0.3) is 0 Å². The molecule has 0 spiro atoms. The normalized spacial score (nSPS) is 12.2. The van der Waals surface area contributed by atoms with Crippen molar-refractivity contribution in [2.75, 3.05) is 13.3 Å².